The molecule has 2 rings (SSSR count). The number of carbonyl (C=O) groups is 2. The second kappa shape index (κ2) is 8.44. The van der Waals surface area contributed by atoms with Crippen LogP contribution in [0.4, 0.5) is 5.13 Å². The van der Waals surface area contributed by atoms with Crippen molar-refractivity contribution in [2.45, 2.75) is 26.7 Å². The lowest BCUT2D eigenvalue weighted by Gasteiger charge is -2.06. The van der Waals surface area contributed by atoms with Crippen molar-refractivity contribution in [2.75, 3.05) is 19.0 Å². The van der Waals surface area contributed by atoms with E-state index in [0.717, 1.165) is 23.5 Å². The molecule has 0 radical (unpaired) electrons. The van der Waals surface area contributed by atoms with Gasteiger partial charge >= 0.3 is 5.97 Å². The van der Waals surface area contributed by atoms with Crippen LogP contribution in [0.2, 0.25) is 0 Å². The van der Waals surface area contributed by atoms with Crippen LogP contribution >= 0.6 is 11.3 Å². The second-order valence-corrected chi connectivity index (χ2v) is 6.07. The number of carbonyl (C=O) groups excluding carboxylic acids is 2. The largest absolute Gasteiger partial charge is 0.493 e. The third kappa shape index (κ3) is 4.79. The number of methoxy groups -OCH3 is 1. The fraction of sp³-hybridized carbons (Fsp3) is 0.353. The molecule has 2 aromatic rings. The lowest BCUT2D eigenvalue weighted by Crippen LogP contribution is -2.15. The minimum Gasteiger partial charge on any atom is -0.493 e. The summed E-state index contributed by atoms with van der Waals surface area (Å²) in [5, 5.41) is 3.05. The third-order valence-electron chi connectivity index (χ3n) is 3.34. The highest BCUT2D eigenvalue weighted by molar-refractivity contribution is 7.17. The number of esters is 1. The number of nitrogens with one attached hydrogen (secondary N) is 1. The van der Waals surface area contributed by atoms with E-state index in [1.807, 2.05) is 24.3 Å². The maximum Gasteiger partial charge on any atom is 0.350 e. The molecule has 1 aromatic heterocycles. The monoisotopic (exact) mass is 348 g/mol. The van der Waals surface area contributed by atoms with Crippen LogP contribution in [-0.4, -0.2) is 30.6 Å². The lowest BCUT2D eigenvalue weighted by atomic mass is 10.2. The van der Waals surface area contributed by atoms with Crippen LogP contribution in [0.3, 0.4) is 0 Å². The SMILES string of the molecule is CCc1ccc(OCCC(=O)Nc2nc(C)c(C(=O)OC)s2)cc1. The van der Waals surface area contributed by atoms with Crippen LogP contribution in [0.1, 0.15) is 34.3 Å². The van der Waals surface area contributed by atoms with Crippen molar-refractivity contribution in [3.05, 3.63) is 40.4 Å². The van der Waals surface area contributed by atoms with Gasteiger partial charge in [-0.1, -0.05) is 30.4 Å². The zero-order valence-corrected chi connectivity index (χ0v) is 14.7. The Kier molecular flexibility index (Phi) is 6.31. The van der Waals surface area contributed by atoms with Gasteiger partial charge in [-0.15, -0.1) is 0 Å². The number of nitrogens with zero attached hydrogens (tertiary/aromatic N) is 1. The first-order chi connectivity index (χ1) is 11.5. The number of rotatable bonds is 7. The van der Waals surface area contributed by atoms with Crippen molar-refractivity contribution in [1.82, 2.24) is 4.98 Å². The normalized spacial score (nSPS) is 10.3. The van der Waals surface area contributed by atoms with Crippen LogP contribution in [0.25, 0.3) is 0 Å². The number of benzene rings is 1. The Morgan fingerprint density at radius 1 is 1.25 bits per heavy atom. The van der Waals surface area contributed by atoms with Gasteiger partial charge in [0.05, 0.1) is 25.8 Å². The Labute approximate surface area is 144 Å². The summed E-state index contributed by atoms with van der Waals surface area (Å²) in [4.78, 5) is 28.0. The molecule has 0 bridgehead atoms. The summed E-state index contributed by atoms with van der Waals surface area (Å²) < 4.78 is 10.2. The highest BCUT2D eigenvalue weighted by Crippen LogP contribution is 2.23. The zero-order chi connectivity index (χ0) is 17.5. The van der Waals surface area contributed by atoms with Gasteiger partial charge in [-0.2, -0.15) is 0 Å². The van der Waals surface area contributed by atoms with Crippen LogP contribution in [0.15, 0.2) is 24.3 Å². The minimum atomic E-state index is -0.454. The number of aryl methyl sites for hydroxylation is 2. The summed E-state index contributed by atoms with van der Waals surface area (Å²) in [6, 6.07) is 7.79. The average Bonchev–Trinajstić information content (AvgIpc) is 2.95. The highest BCUT2D eigenvalue weighted by atomic mass is 32.1. The molecule has 0 unspecified atom stereocenters. The van der Waals surface area contributed by atoms with Crippen molar-refractivity contribution in [1.29, 1.82) is 0 Å². The molecule has 6 nitrogen and oxygen atoms in total. The summed E-state index contributed by atoms with van der Waals surface area (Å²) in [5.74, 6) is 0.0628. The topological polar surface area (TPSA) is 77.5 Å². The number of thiazole rings is 1. The van der Waals surface area contributed by atoms with Crippen molar-refractivity contribution in [3.8, 4) is 5.75 Å². The van der Waals surface area contributed by atoms with Crippen molar-refractivity contribution in [3.63, 3.8) is 0 Å². The number of ether oxygens (including phenoxy) is 2. The lowest BCUT2D eigenvalue weighted by molar-refractivity contribution is -0.116. The van der Waals surface area contributed by atoms with Crippen molar-refractivity contribution >= 4 is 28.3 Å². The van der Waals surface area contributed by atoms with E-state index in [4.69, 9.17) is 4.74 Å². The molecule has 0 aliphatic rings. The smallest absolute Gasteiger partial charge is 0.350 e. The first kappa shape index (κ1) is 17.9. The molecule has 0 atom stereocenters. The molecular weight excluding hydrogens is 328 g/mol. The van der Waals surface area contributed by atoms with Gasteiger partial charge in [-0.25, -0.2) is 9.78 Å². The Hall–Kier alpha value is -2.41. The third-order valence-corrected chi connectivity index (χ3v) is 4.40. The number of hydrogen-bond acceptors (Lipinski definition) is 6. The fourth-order valence-corrected chi connectivity index (χ4v) is 2.90. The van der Waals surface area contributed by atoms with Gasteiger partial charge in [0.1, 0.15) is 10.6 Å². The van der Waals surface area contributed by atoms with E-state index in [9.17, 15) is 9.59 Å². The molecule has 1 amide bonds. The maximum atomic E-state index is 11.9. The number of hydrogen-bond donors (Lipinski definition) is 1. The van der Waals surface area contributed by atoms with E-state index >= 15 is 0 Å². The molecule has 1 heterocycles. The summed E-state index contributed by atoms with van der Waals surface area (Å²) in [5.41, 5.74) is 1.77. The molecule has 0 saturated carbocycles. The molecule has 7 heteroatoms. The average molecular weight is 348 g/mol. The van der Waals surface area contributed by atoms with Crippen LogP contribution < -0.4 is 10.1 Å². The number of anilines is 1. The number of amides is 1. The number of aromatic nitrogens is 1. The summed E-state index contributed by atoms with van der Waals surface area (Å²) in [6.07, 6.45) is 1.17. The summed E-state index contributed by atoms with van der Waals surface area (Å²) >= 11 is 1.10. The predicted octanol–water partition coefficient (Wildman–Crippen LogP) is 3.21. The van der Waals surface area contributed by atoms with Gasteiger partial charge in [0.2, 0.25) is 5.91 Å². The molecule has 0 spiro atoms. The van der Waals surface area contributed by atoms with Gasteiger partial charge in [-0.05, 0) is 31.0 Å². The second-order valence-electron chi connectivity index (χ2n) is 5.07. The molecule has 0 aliphatic carbocycles. The van der Waals surface area contributed by atoms with E-state index in [1.165, 1.54) is 12.7 Å². The van der Waals surface area contributed by atoms with Gasteiger partial charge in [0.25, 0.3) is 0 Å². The molecule has 1 aromatic carbocycles. The molecule has 128 valence electrons. The molecule has 0 aliphatic heterocycles. The van der Waals surface area contributed by atoms with Crippen molar-refractivity contribution < 1.29 is 19.1 Å². The predicted molar refractivity (Wildman–Crippen MR) is 92.8 cm³/mol. The molecule has 1 N–H and O–H groups in total. The minimum absolute atomic E-state index is 0.196. The van der Waals surface area contributed by atoms with E-state index in [0.29, 0.717) is 15.7 Å². The van der Waals surface area contributed by atoms with E-state index in [1.54, 1.807) is 6.92 Å². The Balaban J connectivity index is 1.81. The summed E-state index contributed by atoms with van der Waals surface area (Å²) in [6.45, 7) is 4.05. The van der Waals surface area contributed by atoms with Gasteiger partial charge < -0.3 is 14.8 Å². The van der Waals surface area contributed by atoms with E-state index in [-0.39, 0.29) is 18.9 Å². The molecule has 0 saturated heterocycles. The Morgan fingerprint density at radius 2 is 1.96 bits per heavy atom. The zero-order valence-electron chi connectivity index (χ0n) is 13.9. The van der Waals surface area contributed by atoms with Crippen LogP contribution in [-0.2, 0) is 16.0 Å². The maximum absolute atomic E-state index is 11.9. The standard InChI is InChI=1S/C17H20N2O4S/c1-4-12-5-7-13(8-6-12)23-10-9-14(20)19-17-18-11(2)15(24-17)16(21)22-3/h5-8H,4,9-10H2,1-3H3,(H,18,19,20). The first-order valence-corrected chi connectivity index (χ1v) is 8.42. The Morgan fingerprint density at radius 3 is 2.58 bits per heavy atom. The van der Waals surface area contributed by atoms with Gasteiger partial charge in [0.15, 0.2) is 5.13 Å². The molecule has 24 heavy (non-hydrogen) atoms. The van der Waals surface area contributed by atoms with Crippen molar-refractivity contribution in [2.24, 2.45) is 0 Å². The molecule has 0 fully saturated rings. The highest BCUT2D eigenvalue weighted by Gasteiger charge is 2.16. The quantitative estimate of drug-likeness (QED) is 0.778. The van der Waals surface area contributed by atoms with Gasteiger partial charge in [0, 0.05) is 0 Å². The van der Waals surface area contributed by atoms with Crippen LogP contribution in [0.5, 0.6) is 5.75 Å². The fourth-order valence-electron chi connectivity index (χ4n) is 2.00. The first-order valence-electron chi connectivity index (χ1n) is 7.60. The molecular formula is C17H20N2O4S. The van der Waals surface area contributed by atoms with Gasteiger partial charge in [-0.3, -0.25) is 4.79 Å². The van der Waals surface area contributed by atoms with Crippen LogP contribution in [0, 0.1) is 6.92 Å². The van der Waals surface area contributed by atoms with E-state index < -0.39 is 5.97 Å². The Bertz CT molecular complexity index is 710. The van der Waals surface area contributed by atoms with E-state index in [2.05, 4.69) is 22.0 Å². The summed E-state index contributed by atoms with van der Waals surface area (Å²) in [7, 11) is 1.31.